The fourth-order valence-electron chi connectivity index (χ4n) is 3.73. The van der Waals surface area contributed by atoms with Crippen molar-refractivity contribution in [1.29, 1.82) is 0 Å². The zero-order chi connectivity index (χ0) is 18.3. The van der Waals surface area contributed by atoms with Gasteiger partial charge in [-0.05, 0) is 48.7 Å². The Morgan fingerprint density at radius 3 is 1.77 bits per heavy atom. The first-order valence-corrected chi connectivity index (χ1v) is 8.75. The van der Waals surface area contributed by atoms with Crippen LogP contribution in [0.1, 0.15) is 27.0 Å². The molecule has 0 unspecified atom stereocenters. The van der Waals surface area contributed by atoms with Crippen LogP contribution in [0.5, 0.6) is 5.75 Å². The van der Waals surface area contributed by atoms with Crippen LogP contribution in [0.2, 0.25) is 0 Å². The summed E-state index contributed by atoms with van der Waals surface area (Å²) in [5.41, 5.74) is 3.67. The van der Waals surface area contributed by atoms with Crippen LogP contribution in [0.4, 0.5) is 0 Å². The van der Waals surface area contributed by atoms with Crippen molar-refractivity contribution in [2.45, 2.75) is 20.8 Å². The number of fused-ring (bicyclic) bond motifs is 2. The van der Waals surface area contributed by atoms with Gasteiger partial charge in [0.05, 0.1) is 5.56 Å². The smallest absolute Gasteiger partial charge is 0.344 e. The van der Waals surface area contributed by atoms with E-state index in [4.69, 9.17) is 4.74 Å². The predicted octanol–water partition coefficient (Wildman–Crippen LogP) is 6.14. The van der Waals surface area contributed by atoms with Gasteiger partial charge in [-0.15, -0.1) is 0 Å². The van der Waals surface area contributed by atoms with Crippen LogP contribution in [0.3, 0.4) is 0 Å². The quantitative estimate of drug-likeness (QED) is 0.249. The number of hydrogen-bond donors (Lipinski definition) is 0. The first-order chi connectivity index (χ1) is 12.5. The Labute approximate surface area is 153 Å². The van der Waals surface area contributed by atoms with E-state index in [1.807, 2.05) is 81.4 Å². The number of esters is 1. The minimum absolute atomic E-state index is 0.304. The highest BCUT2D eigenvalue weighted by molar-refractivity contribution is 6.07. The number of ether oxygens (including phenoxy) is 1. The summed E-state index contributed by atoms with van der Waals surface area (Å²) in [7, 11) is 0. The highest BCUT2D eigenvalue weighted by Crippen LogP contribution is 2.35. The van der Waals surface area contributed by atoms with E-state index in [1.54, 1.807) is 0 Å². The second-order valence-electron chi connectivity index (χ2n) is 6.81. The minimum Gasteiger partial charge on any atom is -0.422 e. The van der Waals surface area contributed by atoms with Gasteiger partial charge in [0.15, 0.2) is 0 Å². The molecule has 0 aliphatic heterocycles. The molecule has 0 fully saturated rings. The molecule has 2 heteroatoms. The Morgan fingerprint density at radius 2 is 1.23 bits per heavy atom. The Bertz CT molecular complexity index is 1080. The number of carbonyl (C=O) groups excluding carboxylic acids is 1. The summed E-state index contributed by atoms with van der Waals surface area (Å²) in [6, 6.07) is 22.2. The Hall–Kier alpha value is -3.13. The van der Waals surface area contributed by atoms with Gasteiger partial charge in [-0.1, -0.05) is 66.2 Å². The van der Waals surface area contributed by atoms with Crippen LogP contribution in [0.15, 0.2) is 66.7 Å². The van der Waals surface area contributed by atoms with Crippen LogP contribution >= 0.6 is 0 Å². The molecule has 0 atom stereocenters. The maximum Gasteiger partial charge on any atom is 0.344 e. The van der Waals surface area contributed by atoms with E-state index >= 15 is 0 Å². The molecular formula is C24H20O2. The van der Waals surface area contributed by atoms with Crippen LogP contribution in [0, 0.1) is 20.8 Å². The first-order valence-electron chi connectivity index (χ1n) is 8.75. The van der Waals surface area contributed by atoms with Crippen LogP contribution in [-0.2, 0) is 0 Å². The topological polar surface area (TPSA) is 26.3 Å². The summed E-state index contributed by atoms with van der Waals surface area (Å²) in [5, 5.41) is 4.02. The number of hydrogen-bond acceptors (Lipinski definition) is 2. The van der Waals surface area contributed by atoms with Crippen LogP contribution in [-0.4, -0.2) is 5.97 Å². The van der Waals surface area contributed by atoms with Crippen molar-refractivity contribution < 1.29 is 9.53 Å². The first kappa shape index (κ1) is 16.3. The van der Waals surface area contributed by atoms with Crippen molar-refractivity contribution in [3.8, 4) is 5.75 Å². The predicted molar refractivity (Wildman–Crippen MR) is 107 cm³/mol. The molecule has 2 nitrogen and oxygen atoms in total. The second kappa shape index (κ2) is 6.30. The van der Waals surface area contributed by atoms with Crippen molar-refractivity contribution in [1.82, 2.24) is 0 Å². The van der Waals surface area contributed by atoms with E-state index in [9.17, 15) is 4.79 Å². The lowest BCUT2D eigenvalue weighted by atomic mass is 9.99. The summed E-state index contributed by atoms with van der Waals surface area (Å²) < 4.78 is 5.99. The Balaban J connectivity index is 1.90. The van der Waals surface area contributed by atoms with Gasteiger partial charge in [-0.3, -0.25) is 0 Å². The molecule has 0 aliphatic carbocycles. The average molecular weight is 340 g/mol. The zero-order valence-corrected chi connectivity index (χ0v) is 15.2. The second-order valence-corrected chi connectivity index (χ2v) is 6.81. The molecule has 0 spiro atoms. The highest BCUT2D eigenvalue weighted by Gasteiger charge is 2.18. The van der Waals surface area contributed by atoms with E-state index < -0.39 is 0 Å². The molecule has 0 aliphatic rings. The summed E-state index contributed by atoms with van der Waals surface area (Å²) in [5.74, 6) is 0.324. The Morgan fingerprint density at radius 1 is 0.731 bits per heavy atom. The van der Waals surface area contributed by atoms with Gasteiger partial charge in [0.1, 0.15) is 5.75 Å². The van der Waals surface area contributed by atoms with Gasteiger partial charge in [0, 0.05) is 10.8 Å². The molecule has 4 aromatic rings. The number of rotatable bonds is 2. The molecule has 0 radical (unpaired) electrons. The molecule has 0 saturated heterocycles. The summed E-state index contributed by atoms with van der Waals surface area (Å²) in [4.78, 5) is 13.0. The molecule has 0 amide bonds. The van der Waals surface area contributed by atoms with Crippen molar-refractivity contribution in [3.05, 3.63) is 89.0 Å². The van der Waals surface area contributed by atoms with Gasteiger partial charge in [-0.25, -0.2) is 4.79 Å². The van der Waals surface area contributed by atoms with Crippen molar-refractivity contribution in [3.63, 3.8) is 0 Å². The molecule has 0 bridgehead atoms. The molecule has 0 heterocycles. The lowest BCUT2D eigenvalue weighted by Crippen LogP contribution is -2.13. The molecule has 4 rings (SSSR count). The highest BCUT2D eigenvalue weighted by atomic mass is 16.5. The SMILES string of the molecule is Cc1cc(C)c(C(=O)Oc2c3ccccc3cc3ccccc23)c(C)c1. The van der Waals surface area contributed by atoms with E-state index in [0.29, 0.717) is 11.3 Å². The fourth-order valence-corrected chi connectivity index (χ4v) is 3.73. The molecule has 128 valence electrons. The molecule has 0 N–H and O–H groups in total. The van der Waals surface area contributed by atoms with Gasteiger partial charge in [-0.2, -0.15) is 0 Å². The van der Waals surface area contributed by atoms with E-state index in [2.05, 4.69) is 6.07 Å². The fraction of sp³-hybridized carbons (Fsp3) is 0.125. The third kappa shape index (κ3) is 2.74. The molecule has 0 saturated carbocycles. The van der Waals surface area contributed by atoms with E-state index in [1.165, 1.54) is 0 Å². The van der Waals surface area contributed by atoms with Crippen LogP contribution in [0.25, 0.3) is 21.5 Å². The molecular weight excluding hydrogens is 320 g/mol. The lowest BCUT2D eigenvalue weighted by Gasteiger charge is -2.14. The van der Waals surface area contributed by atoms with Crippen molar-refractivity contribution in [2.75, 3.05) is 0 Å². The van der Waals surface area contributed by atoms with Gasteiger partial charge in [0.25, 0.3) is 0 Å². The minimum atomic E-state index is -0.304. The summed E-state index contributed by atoms with van der Waals surface area (Å²) in [6.45, 7) is 5.95. The zero-order valence-electron chi connectivity index (χ0n) is 15.2. The average Bonchev–Trinajstić information content (AvgIpc) is 2.60. The summed E-state index contributed by atoms with van der Waals surface area (Å²) in [6.07, 6.45) is 0. The third-order valence-corrected chi connectivity index (χ3v) is 4.80. The number of aryl methyl sites for hydroxylation is 3. The monoisotopic (exact) mass is 340 g/mol. The lowest BCUT2D eigenvalue weighted by molar-refractivity contribution is 0.0738. The molecule has 4 aromatic carbocycles. The van der Waals surface area contributed by atoms with Crippen molar-refractivity contribution in [2.24, 2.45) is 0 Å². The van der Waals surface area contributed by atoms with Crippen molar-refractivity contribution >= 4 is 27.5 Å². The van der Waals surface area contributed by atoms with Gasteiger partial charge < -0.3 is 4.74 Å². The van der Waals surface area contributed by atoms with Gasteiger partial charge >= 0.3 is 5.97 Å². The van der Waals surface area contributed by atoms with E-state index in [-0.39, 0.29) is 5.97 Å². The largest absolute Gasteiger partial charge is 0.422 e. The standard InChI is InChI=1S/C24H20O2/c1-15-12-16(2)22(17(3)13-15)24(25)26-23-20-10-6-4-8-18(20)14-19-9-5-7-11-21(19)23/h4-14H,1-3H3. The molecule has 0 aromatic heterocycles. The Kier molecular flexibility index (Phi) is 3.96. The number of benzene rings is 4. The normalized spacial score (nSPS) is 11.0. The maximum atomic E-state index is 13.0. The van der Waals surface area contributed by atoms with E-state index in [0.717, 1.165) is 38.2 Å². The van der Waals surface area contributed by atoms with Crippen LogP contribution < -0.4 is 4.74 Å². The van der Waals surface area contributed by atoms with Gasteiger partial charge in [0.2, 0.25) is 0 Å². The molecule has 26 heavy (non-hydrogen) atoms. The maximum absolute atomic E-state index is 13.0. The number of carbonyl (C=O) groups is 1. The third-order valence-electron chi connectivity index (χ3n) is 4.80. The summed E-state index contributed by atoms with van der Waals surface area (Å²) >= 11 is 0.